The number of carbonyl (C=O) groups excluding carboxylic acids is 1. The minimum atomic E-state index is -3.78. The second-order valence-electron chi connectivity index (χ2n) is 4.45. The van der Waals surface area contributed by atoms with Gasteiger partial charge < -0.3 is 4.74 Å². The van der Waals surface area contributed by atoms with E-state index in [2.05, 4.69) is 20.3 Å². The molecule has 1 saturated heterocycles. The van der Waals surface area contributed by atoms with Crippen LogP contribution in [-0.2, 0) is 19.6 Å². The number of carbonyl (C=O) groups is 1. The maximum Gasteiger partial charge on any atom is 0.312 e. The first-order valence-corrected chi connectivity index (χ1v) is 8.97. The zero-order valence-electron chi connectivity index (χ0n) is 11.6. The summed E-state index contributed by atoms with van der Waals surface area (Å²) in [6, 6.07) is 7.04. The molecule has 116 valence electrons. The van der Waals surface area contributed by atoms with Gasteiger partial charge in [-0.2, -0.15) is 0 Å². The van der Waals surface area contributed by atoms with Crippen molar-refractivity contribution >= 4 is 33.4 Å². The molecule has 1 aliphatic rings. The van der Waals surface area contributed by atoms with Gasteiger partial charge in [-0.05, 0) is 24.5 Å². The molecule has 2 rings (SSSR count). The van der Waals surface area contributed by atoms with Crippen LogP contribution in [0.25, 0.3) is 0 Å². The number of ether oxygens (including phenoxy) is 1. The van der Waals surface area contributed by atoms with Crippen molar-refractivity contribution in [3.8, 4) is 0 Å². The highest BCUT2D eigenvalue weighted by molar-refractivity contribution is 7.98. The highest BCUT2D eigenvalue weighted by atomic mass is 32.2. The molecular weight excluding hydrogens is 314 g/mol. The SMILES string of the molecule is COC(=O)C1CNNC1S(=O)(=O)Nc1cccc(SC)c1. The summed E-state index contributed by atoms with van der Waals surface area (Å²) in [5, 5.41) is -1.08. The van der Waals surface area contributed by atoms with E-state index in [-0.39, 0.29) is 6.54 Å². The quantitative estimate of drug-likeness (QED) is 0.530. The predicted octanol–water partition coefficient (Wildman–Crippen LogP) is 0.373. The Balaban J connectivity index is 2.19. The minimum Gasteiger partial charge on any atom is -0.469 e. The van der Waals surface area contributed by atoms with Crippen LogP contribution in [0, 0.1) is 5.92 Å². The second kappa shape index (κ2) is 6.65. The Kier molecular flexibility index (Phi) is 5.09. The number of hydrazine groups is 1. The summed E-state index contributed by atoms with van der Waals surface area (Å²) in [5.41, 5.74) is 5.74. The molecule has 0 aliphatic carbocycles. The third-order valence-corrected chi connectivity index (χ3v) is 5.46. The van der Waals surface area contributed by atoms with E-state index in [0.717, 1.165) is 4.90 Å². The van der Waals surface area contributed by atoms with Crippen LogP contribution < -0.4 is 15.6 Å². The van der Waals surface area contributed by atoms with Crippen LogP contribution in [0.2, 0.25) is 0 Å². The first kappa shape index (κ1) is 16.1. The topological polar surface area (TPSA) is 96.5 Å². The molecule has 0 amide bonds. The molecule has 0 bridgehead atoms. The lowest BCUT2D eigenvalue weighted by atomic mass is 10.2. The van der Waals surface area contributed by atoms with Crippen LogP contribution in [0.1, 0.15) is 0 Å². The monoisotopic (exact) mass is 331 g/mol. The van der Waals surface area contributed by atoms with Crippen molar-refractivity contribution in [1.29, 1.82) is 0 Å². The first-order valence-electron chi connectivity index (χ1n) is 6.20. The Morgan fingerprint density at radius 2 is 2.24 bits per heavy atom. The van der Waals surface area contributed by atoms with Gasteiger partial charge in [-0.25, -0.2) is 13.8 Å². The second-order valence-corrected chi connectivity index (χ2v) is 7.14. The van der Waals surface area contributed by atoms with E-state index in [0.29, 0.717) is 5.69 Å². The lowest BCUT2D eigenvalue weighted by Gasteiger charge is -2.18. The summed E-state index contributed by atoms with van der Waals surface area (Å²) in [6.07, 6.45) is 1.91. The van der Waals surface area contributed by atoms with Gasteiger partial charge >= 0.3 is 5.97 Å². The predicted molar refractivity (Wildman–Crippen MR) is 81.2 cm³/mol. The van der Waals surface area contributed by atoms with Crippen molar-refractivity contribution in [2.45, 2.75) is 10.3 Å². The Bertz CT molecular complexity index is 621. The van der Waals surface area contributed by atoms with E-state index >= 15 is 0 Å². The Morgan fingerprint density at radius 3 is 2.90 bits per heavy atom. The summed E-state index contributed by atoms with van der Waals surface area (Å²) < 4.78 is 31.9. The normalized spacial score (nSPS) is 22.0. The standard InChI is InChI=1S/C12H17N3O4S2/c1-19-12(16)10-7-13-14-11(10)21(17,18)15-8-4-3-5-9(6-8)20-2/h3-6,10-11,13-15H,7H2,1-2H3. The number of rotatable bonds is 5. The fourth-order valence-electron chi connectivity index (χ4n) is 2.04. The Morgan fingerprint density at radius 1 is 1.48 bits per heavy atom. The van der Waals surface area contributed by atoms with Gasteiger partial charge in [-0.15, -0.1) is 11.8 Å². The van der Waals surface area contributed by atoms with E-state index in [1.807, 2.05) is 12.3 Å². The van der Waals surface area contributed by atoms with Gasteiger partial charge in [-0.3, -0.25) is 14.9 Å². The van der Waals surface area contributed by atoms with Crippen molar-refractivity contribution in [3.63, 3.8) is 0 Å². The van der Waals surface area contributed by atoms with Gasteiger partial charge in [0, 0.05) is 17.1 Å². The van der Waals surface area contributed by atoms with Crippen molar-refractivity contribution in [2.75, 3.05) is 24.6 Å². The number of thioether (sulfide) groups is 1. The number of anilines is 1. The van der Waals surface area contributed by atoms with Crippen LogP contribution in [0.3, 0.4) is 0 Å². The molecule has 7 nitrogen and oxygen atoms in total. The lowest BCUT2D eigenvalue weighted by molar-refractivity contribution is -0.144. The number of sulfonamides is 1. The molecule has 1 aliphatic heterocycles. The van der Waals surface area contributed by atoms with Crippen LogP contribution in [0.15, 0.2) is 29.2 Å². The van der Waals surface area contributed by atoms with Crippen molar-refractivity contribution in [2.24, 2.45) is 5.92 Å². The maximum atomic E-state index is 12.4. The summed E-state index contributed by atoms with van der Waals surface area (Å²) in [5.74, 6) is -1.36. The van der Waals surface area contributed by atoms with Crippen molar-refractivity contribution < 1.29 is 17.9 Å². The number of nitrogens with one attached hydrogen (secondary N) is 3. The van der Waals surface area contributed by atoms with Crippen LogP contribution in [0.4, 0.5) is 5.69 Å². The summed E-state index contributed by atoms with van der Waals surface area (Å²) in [4.78, 5) is 12.6. The summed E-state index contributed by atoms with van der Waals surface area (Å²) in [6.45, 7) is 0.198. The minimum absolute atomic E-state index is 0.198. The molecule has 21 heavy (non-hydrogen) atoms. The highest BCUT2D eigenvalue weighted by Crippen LogP contribution is 2.22. The van der Waals surface area contributed by atoms with E-state index in [1.165, 1.54) is 18.9 Å². The number of benzene rings is 1. The van der Waals surface area contributed by atoms with Crippen LogP contribution in [-0.4, -0.2) is 39.7 Å². The molecular formula is C12H17N3O4S2. The zero-order valence-corrected chi connectivity index (χ0v) is 13.3. The summed E-state index contributed by atoms with van der Waals surface area (Å²) >= 11 is 1.51. The summed E-state index contributed by atoms with van der Waals surface area (Å²) in [7, 11) is -2.54. The molecule has 1 aromatic rings. The fourth-order valence-corrected chi connectivity index (χ4v) is 3.96. The smallest absolute Gasteiger partial charge is 0.312 e. The van der Waals surface area contributed by atoms with E-state index < -0.39 is 27.3 Å². The third kappa shape index (κ3) is 3.67. The molecule has 2 atom stereocenters. The van der Waals surface area contributed by atoms with Gasteiger partial charge in [0.25, 0.3) is 10.0 Å². The molecule has 0 spiro atoms. The lowest BCUT2D eigenvalue weighted by Crippen LogP contribution is -2.44. The van der Waals surface area contributed by atoms with Crippen molar-refractivity contribution in [1.82, 2.24) is 10.9 Å². The number of hydrogen-bond donors (Lipinski definition) is 3. The highest BCUT2D eigenvalue weighted by Gasteiger charge is 2.42. The number of methoxy groups -OCH3 is 1. The van der Waals surface area contributed by atoms with Crippen LogP contribution in [0.5, 0.6) is 0 Å². The molecule has 0 radical (unpaired) electrons. The Labute approximate surface area is 127 Å². The molecule has 1 heterocycles. The van der Waals surface area contributed by atoms with Crippen molar-refractivity contribution in [3.05, 3.63) is 24.3 Å². The van der Waals surface area contributed by atoms with E-state index in [4.69, 9.17) is 0 Å². The maximum absolute atomic E-state index is 12.4. The van der Waals surface area contributed by atoms with Gasteiger partial charge in [0.05, 0.1) is 7.11 Å². The third-order valence-electron chi connectivity index (χ3n) is 3.10. The van der Waals surface area contributed by atoms with Crippen LogP contribution >= 0.6 is 11.8 Å². The molecule has 0 aromatic heterocycles. The molecule has 0 saturated carbocycles. The van der Waals surface area contributed by atoms with E-state index in [1.54, 1.807) is 18.2 Å². The number of hydrogen-bond acceptors (Lipinski definition) is 7. The molecule has 1 fully saturated rings. The average Bonchev–Trinajstić information content (AvgIpc) is 2.96. The largest absolute Gasteiger partial charge is 0.469 e. The van der Waals surface area contributed by atoms with Gasteiger partial charge in [0.15, 0.2) is 5.37 Å². The zero-order chi connectivity index (χ0) is 15.5. The fraction of sp³-hybridized carbons (Fsp3) is 0.417. The number of esters is 1. The molecule has 3 N–H and O–H groups in total. The van der Waals surface area contributed by atoms with E-state index in [9.17, 15) is 13.2 Å². The van der Waals surface area contributed by atoms with Gasteiger partial charge in [0.1, 0.15) is 5.92 Å². The molecule has 2 unspecified atom stereocenters. The molecule has 9 heteroatoms. The Hall–Kier alpha value is -1.29. The average molecular weight is 331 g/mol. The van der Waals surface area contributed by atoms with Gasteiger partial charge in [0.2, 0.25) is 0 Å². The van der Waals surface area contributed by atoms with Gasteiger partial charge in [-0.1, -0.05) is 6.07 Å². The molecule has 1 aromatic carbocycles. The first-order chi connectivity index (χ1) is 9.97.